The number of hydrogen-bond acceptors (Lipinski definition) is 3. The Bertz CT molecular complexity index is 710. The highest BCUT2D eigenvalue weighted by atomic mass is 32.2. The van der Waals surface area contributed by atoms with E-state index in [-0.39, 0.29) is 17.3 Å². The number of carbonyl (C=O) groups excluding carboxylic acids is 1. The van der Waals surface area contributed by atoms with E-state index in [1.165, 1.54) is 6.08 Å². The van der Waals surface area contributed by atoms with Gasteiger partial charge in [0.25, 0.3) is 0 Å². The Balaban J connectivity index is 1.87. The van der Waals surface area contributed by atoms with E-state index in [9.17, 15) is 9.00 Å². The van der Waals surface area contributed by atoms with E-state index in [4.69, 9.17) is 4.74 Å². The maximum atomic E-state index is 13.1. The summed E-state index contributed by atoms with van der Waals surface area (Å²) in [6.45, 7) is 0. The van der Waals surface area contributed by atoms with Crippen LogP contribution in [0.4, 0.5) is 0 Å². The van der Waals surface area contributed by atoms with Crippen LogP contribution in [0.1, 0.15) is 23.7 Å². The van der Waals surface area contributed by atoms with E-state index >= 15 is 0 Å². The molecule has 2 aromatic rings. The average Bonchev–Trinajstić information content (AvgIpc) is 2.61. The van der Waals surface area contributed by atoms with E-state index in [1.54, 1.807) is 0 Å². The average molecular weight is 326 g/mol. The van der Waals surface area contributed by atoms with E-state index in [2.05, 4.69) is 0 Å². The number of rotatable bonds is 5. The summed E-state index contributed by atoms with van der Waals surface area (Å²) in [4.78, 5) is 12.2. The van der Waals surface area contributed by atoms with Gasteiger partial charge in [-0.15, -0.1) is 0 Å². The van der Waals surface area contributed by atoms with Gasteiger partial charge in [-0.3, -0.25) is 4.21 Å². The van der Waals surface area contributed by atoms with Gasteiger partial charge in [0.15, 0.2) is 0 Å². The summed E-state index contributed by atoms with van der Waals surface area (Å²) >= 11 is 0. The molecule has 4 heteroatoms. The van der Waals surface area contributed by atoms with E-state index in [0.29, 0.717) is 12.8 Å². The molecular formula is C19H18O3S. The third-order valence-corrected chi connectivity index (χ3v) is 5.54. The van der Waals surface area contributed by atoms with Gasteiger partial charge in [0.2, 0.25) is 0 Å². The van der Waals surface area contributed by atoms with Gasteiger partial charge in [0.1, 0.15) is 6.10 Å². The maximum absolute atomic E-state index is 13.1. The van der Waals surface area contributed by atoms with Crippen LogP contribution in [0, 0.1) is 0 Å². The van der Waals surface area contributed by atoms with Gasteiger partial charge < -0.3 is 4.74 Å². The van der Waals surface area contributed by atoms with Crippen molar-refractivity contribution in [2.45, 2.75) is 29.1 Å². The molecule has 3 nitrogen and oxygen atoms in total. The maximum Gasteiger partial charge on any atom is 0.330 e. The lowest BCUT2D eigenvalue weighted by atomic mass is 10.0. The highest BCUT2D eigenvalue weighted by molar-refractivity contribution is 7.85. The fraction of sp³-hybridized carbons (Fsp3) is 0.211. The molecule has 3 unspecified atom stereocenters. The van der Waals surface area contributed by atoms with Crippen molar-refractivity contribution in [2.75, 3.05) is 0 Å². The van der Waals surface area contributed by atoms with Crippen molar-refractivity contribution in [3.63, 3.8) is 0 Å². The Morgan fingerprint density at radius 1 is 1.04 bits per heavy atom. The molecule has 3 rings (SSSR count). The van der Waals surface area contributed by atoms with Crippen LogP contribution >= 0.6 is 0 Å². The third-order valence-electron chi connectivity index (χ3n) is 3.82. The second-order valence-electron chi connectivity index (χ2n) is 5.44. The Labute approximate surface area is 138 Å². The van der Waals surface area contributed by atoms with Crippen LogP contribution < -0.4 is 0 Å². The van der Waals surface area contributed by atoms with Crippen LogP contribution in [0.3, 0.4) is 0 Å². The molecule has 0 spiro atoms. The zero-order valence-corrected chi connectivity index (χ0v) is 13.4. The summed E-state index contributed by atoms with van der Waals surface area (Å²) in [6, 6.07) is 19.2. The van der Waals surface area contributed by atoms with Crippen LogP contribution in [-0.4, -0.2) is 16.3 Å². The lowest BCUT2D eigenvalue weighted by molar-refractivity contribution is -0.144. The molecule has 0 bridgehead atoms. The Morgan fingerprint density at radius 2 is 1.70 bits per heavy atom. The van der Waals surface area contributed by atoms with Gasteiger partial charge in [0, 0.05) is 23.8 Å². The summed E-state index contributed by atoms with van der Waals surface area (Å²) in [6.07, 6.45) is 4.25. The topological polar surface area (TPSA) is 43.4 Å². The fourth-order valence-electron chi connectivity index (χ4n) is 2.68. The number of benzene rings is 2. The first kappa shape index (κ1) is 15.7. The van der Waals surface area contributed by atoms with Crippen molar-refractivity contribution in [2.24, 2.45) is 0 Å². The highest BCUT2D eigenvalue weighted by Crippen LogP contribution is 2.31. The second kappa shape index (κ2) is 7.38. The lowest BCUT2D eigenvalue weighted by Crippen LogP contribution is -2.24. The van der Waals surface area contributed by atoms with Crippen molar-refractivity contribution >= 4 is 16.8 Å². The standard InChI is InChI=1S/C19H18O3S/c20-19-13-7-10-16(22-19)14-18(15-8-3-1-4-9-15)23(21)17-11-5-2-6-12-17/h1-9,11-13,16,18H,10,14H2. The summed E-state index contributed by atoms with van der Waals surface area (Å²) in [5, 5.41) is -0.206. The van der Waals surface area contributed by atoms with Crippen LogP contribution in [0.2, 0.25) is 0 Å². The SMILES string of the molecule is O=C1C=CCC(CC(c2ccccc2)S(=O)c2ccccc2)O1. The van der Waals surface area contributed by atoms with Crippen LogP contribution in [0.25, 0.3) is 0 Å². The molecule has 0 radical (unpaired) electrons. The molecule has 2 aromatic carbocycles. The predicted molar refractivity (Wildman–Crippen MR) is 90.3 cm³/mol. The van der Waals surface area contributed by atoms with Gasteiger partial charge in [0.05, 0.1) is 16.0 Å². The molecule has 1 aliphatic heterocycles. The van der Waals surface area contributed by atoms with Crippen LogP contribution in [0.15, 0.2) is 77.7 Å². The van der Waals surface area contributed by atoms with Crippen molar-refractivity contribution in [3.05, 3.63) is 78.4 Å². The van der Waals surface area contributed by atoms with E-state index in [0.717, 1.165) is 10.5 Å². The van der Waals surface area contributed by atoms with Gasteiger partial charge >= 0.3 is 5.97 Å². The van der Waals surface area contributed by atoms with E-state index in [1.807, 2.05) is 66.7 Å². The van der Waals surface area contributed by atoms with Crippen LogP contribution in [-0.2, 0) is 20.3 Å². The first-order valence-electron chi connectivity index (χ1n) is 7.62. The smallest absolute Gasteiger partial charge is 0.330 e. The fourth-order valence-corrected chi connectivity index (χ4v) is 4.23. The minimum atomic E-state index is -1.20. The Kier molecular flexibility index (Phi) is 5.03. The number of esters is 1. The van der Waals surface area contributed by atoms with Gasteiger partial charge in [-0.05, 0) is 17.7 Å². The van der Waals surface area contributed by atoms with Crippen molar-refractivity contribution in [1.29, 1.82) is 0 Å². The summed E-state index contributed by atoms with van der Waals surface area (Å²) < 4.78 is 18.4. The van der Waals surface area contributed by atoms with Crippen molar-refractivity contribution in [1.82, 2.24) is 0 Å². The Morgan fingerprint density at radius 3 is 2.35 bits per heavy atom. The number of hydrogen-bond donors (Lipinski definition) is 0. The molecule has 0 saturated heterocycles. The van der Waals surface area contributed by atoms with Gasteiger partial charge in [-0.1, -0.05) is 54.6 Å². The molecule has 0 aliphatic carbocycles. The molecule has 0 amide bonds. The largest absolute Gasteiger partial charge is 0.459 e. The molecule has 118 valence electrons. The number of carbonyl (C=O) groups is 1. The highest BCUT2D eigenvalue weighted by Gasteiger charge is 2.27. The summed E-state index contributed by atoms with van der Waals surface area (Å²) in [7, 11) is -1.20. The summed E-state index contributed by atoms with van der Waals surface area (Å²) in [5.74, 6) is -0.321. The molecule has 1 heterocycles. The molecule has 23 heavy (non-hydrogen) atoms. The Hall–Kier alpha value is -2.20. The monoisotopic (exact) mass is 326 g/mol. The number of cyclic esters (lactones) is 1. The zero-order valence-electron chi connectivity index (χ0n) is 12.6. The second-order valence-corrected chi connectivity index (χ2v) is 7.08. The normalized spacial score (nSPS) is 19.8. The third kappa shape index (κ3) is 3.96. The van der Waals surface area contributed by atoms with E-state index < -0.39 is 10.8 Å². The minimum absolute atomic E-state index is 0.206. The molecule has 1 aliphatic rings. The summed E-state index contributed by atoms with van der Waals surface area (Å²) in [5.41, 5.74) is 1.00. The molecule has 0 aromatic heterocycles. The molecule has 0 fully saturated rings. The molecule has 0 saturated carbocycles. The quantitative estimate of drug-likeness (QED) is 0.785. The van der Waals surface area contributed by atoms with Gasteiger partial charge in [-0.25, -0.2) is 4.79 Å². The minimum Gasteiger partial charge on any atom is -0.459 e. The molecule has 3 atom stereocenters. The predicted octanol–water partition coefficient (Wildman–Crippen LogP) is 3.80. The molecule has 0 N–H and O–H groups in total. The lowest BCUT2D eigenvalue weighted by Gasteiger charge is -2.24. The van der Waals surface area contributed by atoms with Crippen molar-refractivity contribution < 1.29 is 13.7 Å². The van der Waals surface area contributed by atoms with Crippen molar-refractivity contribution in [3.8, 4) is 0 Å². The number of ether oxygens (including phenoxy) is 1. The molecular weight excluding hydrogens is 308 g/mol. The van der Waals surface area contributed by atoms with Crippen LogP contribution in [0.5, 0.6) is 0 Å². The first-order chi connectivity index (χ1) is 11.2. The zero-order chi connectivity index (χ0) is 16.1. The first-order valence-corrected chi connectivity index (χ1v) is 8.83. The van der Waals surface area contributed by atoms with Gasteiger partial charge in [-0.2, -0.15) is 0 Å².